The molecule has 0 saturated carbocycles. The predicted octanol–water partition coefficient (Wildman–Crippen LogP) is 3.20. The molecule has 2 rings (SSSR count). The Morgan fingerprint density at radius 3 is 2.93 bits per heavy atom. The quantitative estimate of drug-likeness (QED) is 0.898. The van der Waals surface area contributed by atoms with Crippen LogP contribution < -0.4 is 5.73 Å². The topological polar surface area (TPSA) is 35.2 Å². The molecule has 0 bridgehead atoms. The zero-order valence-corrected chi connectivity index (χ0v) is 10.1. The van der Waals surface area contributed by atoms with Gasteiger partial charge in [0.2, 0.25) is 0 Å². The van der Waals surface area contributed by atoms with Crippen LogP contribution in [0.4, 0.5) is 0 Å². The summed E-state index contributed by atoms with van der Waals surface area (Å²) in [5.74, 6) is 0.922. The lowest BCUT2D eigenvalue weighted by Crippen LogP contribution is -2.16. The molecule has 0 saturated heterocycles. The van der Waals surface area contributed by atoms with Crippen LogP contribution in [0.25, 0.3) is 0 Å². The molecule has 76 valence electrons. The van der Waals surface area contributed by atoms with E-state index in [1.165, 1.54) is 0 Å². The molecule has 1 unspecified atom stereocenters. The molecule has 0 amide bonds. The minimum Gasteiger partial charge on any atom is -0.496 e. The Balaban J connectivity index is 2.14. The minimum atomic E-state index is -0.0911. The van der Waals surface area contributed by atoms with Crippen molar-refractivity contribution < 1.29 is 4.74 Å². The summed E-state index contributed by atoms with van der Waals surface area (Å²) >= 11 is 5.09. The molecule has 0 aromatic carbocycles. The Morgan fingerprint density at radius 2 is 2.36 bits per heavy atom. The second kappa shape index (κ2) is 4.47. The fourth-order valence-electron chi connectivity index (χ4n) is 1.43. The molecule has 1 aromatic heterocycles. The van der Waals surface area contributed by atoms with E-state index in [0.29, 0.717) is 0 Å². The second-order valence-corrected chi connectivity index (χ2v) is 5.71. The molecule has 1 aliphatic rings. The highest BCUT2D eigenvalue weighted by Crippen LogP contribution is 2.31. The molecular formula is C10H12BrNOS. The van der Waals surface area contributed by atoms with Gasteiger partial charge in [-0.15, -0.1) is 11.3 Å². The Kier molecular flexibility index (Phi) is 3.26. The molecular weight excluding hydrogens is 262 g/mol. The smallest absolute Gasteiger partial charge is 0.114 e. The fraction of sp³-hybridized carbons (Fsp3) is 0.400. The van der Waals surface area contributed by atoms with E-state index < -0.39 is 0 Å². The molecule has 0 aliphatic carbocycles. The summed E-state index contributed by atoms with van der Waals surface area (Å²) < 4.78 is 6.64. The Bertz CT molecular complexity index is 348. The van der Waals surface area contributed by atoms with Crippen molar-refractivity contribution in [2.45, 2.75) is 18.9 Å². The maximum absolute atomic E-state index is 6.08. The summed E-state index contributed by atoms with van der Waals surface area (Å²) in [6, 6.07) is 3.97. The highest BCUT2D eigenvalue weighted by Gasteiger charge is 2.16. The van der Waals surface area contributed by atoms with Crippen molar-refractivity contribution in [1.29, 1.82) is 0 Å². The van der Waals surface area contributed by atoms with Crippen molar-refractivity contribution in [2.75, 3.05) is 6.61 Å². The summed E-state index contributed by atoms with van der Waals surface area (Å²) in [5, 5.41) is 0. The molecule has 0 spiro atoms. The average molecular weight is 274 g/mol. The van der Waals surface area contributed by atoms with Crippen molar-refractivity contribution in [3.05, 3.63) is 32.6 Å². The molecule has 1 aliphatic heterocycles. The van der Waals surface area contributed by atoms with Crippen LogP contribution in [0.15, 0.2) is 27.8 Å². The van der Waals surface area contributed by atoms with Crippen LogP contribution in [0.3, 0.4) is 0 Å². The largest absolute Gasteiger partial charge is 0.496 e. The molecule has 2 N–H and O–H groups in total. The summed E-state index contributed by atoms with van der Waals surface area (Å²) in [6.45, 7) is 0.798. The molecule has 2 heterocycles. The van der Waals surface area contributed by atoms with Crippen molar-refractivity contribution in [1.82, 2.24) is 0 Å². The number of nitrogens with two attached hydrogens (primary N) is 1. The molecule has 1 atom stereocenters. The number of hydrogen-bond donors (Lipinski definition) is 1. The summed E-state index contributed by atoms with van der Waals surface area (Å²) in [5.41, 5.74) is 6.08. The Morgan fingerprint density at radius 1 is 1.50 bits per heavy atom. The van der Waals surface area contributed by atoms with E-state index in [1.807, 2.05) is 12.1 Å². The zero-order chi connectivity index (χ0) is 9.97. The van der Waals surface area contributed by atoms with Crippen LogP contribution in [0.5, 0.6) is 0 Å². The SMILES string of the molecule is NC(C1=CCCCO1)c1ccc(Br)s1. The van der Waals surface area contributed by atoms with E-state index in [9.17, 15) is 0 Å². The third kappa shape index (κ3) is 2.19. The number of ether oxygens (including phenoxy) is 1. The van der Waals surface area contributed by atoms with Gasteiger partial charge < -0.3 is 10.5 Å². The van der Waals surface area contributed by atoms with E-state index in [-0.39, 0.29) is 6.04 Å². The highest BCUT2D eigenvalue weighted by molar-refractivity contribution is 9.11. The first-order chi connectivity index (χ1) is 6.77. The van der Waals surface area contributed by atoms with Gasteiger partial charge in [0.1, 0.15) is 5.76 Å². The van der Waals surface area contributed by atoms with Crippen molar-refractivity contribution >= 4 is 27.3 Å². The van der Waals surface area contributed by atoms with Gasteiger partial charge in [0.05, 0.1) is 16.4 Å². The van der Waals surface area contributed by atoms with Gasteiger partial charge in [-0.25, -0.2) is 0 Å². The van der Waals surface area contributed by atoms with Crippen LogP contribution in [0.1, 0.15) is 23.8 Å². The van der Waals surface area contributed by atoms with E-state index >= 15 is 0 Å². The first-order valence-electron chi connectivity index (χ1n) is 4.61. The van der Waals surface area contributed by atoms with Gasteiger partial charge in [-0.3, -0.25) is 0 Å². The standard InChI is InChI=1S/C10H12BrNOS/c11-9-5-4-8(14-9)10(12)7-3-1-2-6-13-7/h3-5,10H,1-2,6,12H2. The lowest BCUT2D eigenvalue weighted by molar-refractivity contribution is 0.176. The van der Waals surface area contributed by atoms with Crippen molar-refractivity contribution in [3.8, 4) is 0 Å². The van der Waals surface area contributed by atoms with E-state index in [2.05, 4.69) is 22.0 Å². The minimum absolute atomic E-state index is 0.0911. The van der Waals surface area contributed by atoms with Gasteiger partial charge in [-0.2, -0.15) is 0 Å². The summed E-state index contributed by atoms with van der Waals surface area (Å²) in [7, 11) is 0. The maximum Gasteiger partial charge on any atom is 0.114 e. The molecule has 2 nitrogen and oxygen atoms in total. The van der Waals surface area contributed by atoms with Gasteiger partial charge >= 0.3 is 0 Å². The van der Waals surface area contributed by atoms with E-state index in [0.717, 1.165) is 33.9 Å². The van der Waals surface area contributed by atoms with Gasteiger partial charge in [-0.1, -0.05) is 0 Å². The normalized spacial score (nSPS) is 18.6. The summed E-state index contributed by atoms with van der Waals surface area (Å²) in [4.78, 5) is 1.14. The van der Waals surface area contributed by atoms with Gasteiger partial charge in [0.15, 0.2) is 0 Å². The van der Waals surface area contributed by atoms with Crippen LogP contribution in [0.2, 0.25) is 0 Å². The molecule has 4 heteroatoms. The first-order valence-corrected chi connectivity index (χ1v) is 6.22. The average Bonchev–Trinajstić information content (AvgIpc) is 2.65. The molecule has 1 aromatic rings. The maximum atomic E-state index is 6.08. The van der Waals surface area contributed by atoms with Crippen molar-refractivity contribution in [3.63, 3.8) is 0 Å². The lowest BCUT2D eigenvalue weighted by atomic mass is 10.1. The predicted molar refractivity (Wildman–Crippen MR) is 62.2 cm³/mol. The fourth-order valence-corrected chi connectivity index (χ4v) is 2.86. The van der Waals surface area contributed by atoms with E-state index in [4.69, 9.17) is 10.5 Å². The van der Waals surface area contributed by atoms with Crippen LogP contribution in [0, 0.1) is 0 Å². The highest BCUT2D eigenvalue weighted by atomic mass is 79.9. The van der Waals surface area contributed by atoms with Gasteiger partial charge in [0.25, 0.3) is 0 Å². The monoisotopic (exact) mass is 273 g/mol. The number of thiophene rings is 1. The van der Waals surface area contributed by atoms with Crippen LogP contribution in [-0.4, -0.2) is 6.61 Å². The van der Waals surface area contributed by atoms with E-state index in [1.54, 1.807) is 11.3 Å². The van der Waals surface area contributed by atoms with Gasteiger partial charge in [-0.05, 0) is 47.0 Å². The third-order valence-corrected chi connectivity index (χ3v) is 3.88. The number of rotatable bonds is 2. The second-order valence-electron chi connectivity index (χ2n) is 3.22. The summed E-state index contributed by atoms with van der Waals surface area (Å²) in [6.07, 6.45) is 4.28. The number of hydrogen-bond acceptors (Lipinski definition) is 3. The van der Waals surface area contributed by atoms with Crippen LogP contribution >= 0.6 is 27.3 Å². The lowest BCUT2D eigenvalue weighted by Gasteiger charge is -2.19. The third-order valence-electron chi connectivity index (χ3n) is 2.17. The van der Waals surface area contributed by atoms with Crippen LogP contribution in [-0.2, 0) is 4.74 Å². The zero-order valence-electron chi connectivity index (χ0n) is 7.70. The molecule has 0 radical (unpaired) electrons. The Hall–Kier alpha value is -0.320. The van der Waals surface area contributed by atoms with Gasteiger partial charge in [0, 0.05) is 4.88 Å². The van der Waals surface area contributed by atoms with Crippen molar-refractivity contribution in [2.24, 2.45) is 5.73 Å². The molecule has 0 fully saturated rings. The number of halogens is 1. The first kappa shape index (κ1) is 10.2. The number of allylic oxidation sites excluding steroid dienone is 1. The molecule has 14 heavy (non-hydrogen) atoms. The Labute approximate surface area is 95.9 Å².